The van der Waals surface area contributed by atoms with Gasteiger partial charge in [-0.25, -0.2) is 8.42 Å². The third-order valence-electron chi connectivity index (χ3n) is 4.48. The van der Waals surface area contributed by atoms with E-state index in [1.807, 2.05) is 25.1 Å². The van der Waals surface area contributed by atoms with Crippen LogP contribution in [0.2, 0.25) is 10.0 Å². The van der Waals surface area contributed by atoms with Gasteiger partial charge in [-0.1, -0.05) is 41.4 Å². The molecule has 1 aliphatic heterocycles. The number of rotatable bonds is 5. The lowest BCUT2D eigenvalue weighted by molar-refractivity contribution is -0.134. The van der Waals surface area contributed by atoms with Crippen molar-refractivity contribution in [3.8, 4) is 5.75 Å². The van der Waals surface area contributed by atoms with E-state index in [1.54, 1.807) is 17.0 Å². The van der Waals surface area contributed by atoms with E-state index in [9.17, 15) is 13.2 Å². The van der Waals surface area contributed by atoms with E-state index in [4.69, 9.17) is 27.9 Å². The summed E-state index contributed by atoms with van der Waals surface area (Å²) in [6.07, 6.45) is 0. The maximum Gasteiger partial charge on any atom is 0.260 e. The van der Waals surface area contributed by atoms with Crippen LogP contribution in [0.15, 0.2) is 47.4 Å². The zero-order valence-corrected chi connectivity index (χ0v) is 17.6. The van der Waals surface area contributed by atoms with E-state index >= 15 is 0 Å². The van der Waals surface area contributed by atoms with Crippen molar-refractivity contribution in [1.82, 2.24) is 9.21 Å². The zero-order valence-electron chi connectivity index (χ0n) is 15.3. The molecule has 0 aliphatic carbocycles. The van der Waals surface area contributed by atoms with E-state index in [0.29, 0.717) is 5.75 Å². The summed E-state index contributed by atoms with van der Waals surface area (Å²) in [6, 6.07) is 12.0. The molecule has 3 rings (SSSR count). The number of nitrogens with zero attached hydrogens (tertiary/aromatic N) is 2. The Morgan fingerprint density at radius 1 is 1.07 bits per heavy atom. The van der Waals surface area contributed by atoms with Crippen molar-refractivity contribution in [1.29, 1.82) is 0 Å². The molecule has 0 saturated carbocycles. The van der Waals surface area contributed by atoms with Crippen LogP contribution in [0.4, 0.5) is 0 Å². The number of aryl methyl sites for hydroxylation is 1. The van der Waals surface area contributed by atoms with Gasteiger partial charge < -0.3 is 9.64 Å². The quantitative estimate of drug-likeness (QED) is 0.712. The zero-order chi connectivity index (χ0) is 20.3. The lowest BCUT2D eigenvalue weighted by Crippen LogP contribution is -2.51. The Labute approximate surface area is 174 Å². The third kappa shape index (κ3) is 4.60. The van der Waals surface area contributed by atoms with Crippen LogP contribution in [0.3, 0.4) is 0 Å². The molecule has 6 nitrogen and oxygen atoms in total. The van der Waals surface area contributed by atoms with Gasteiger partial charge in [-0.3, -0.25) is 4.79 Å². The number of hydrogen-bond acceptors (Lipinski definition) is 4. The topological polar surface area (TPSA) is 66.9 Å². The molecular weight excluding hydrogens is 423 g/mol. The van der Waals surface area contributed by atoms with E-state index in [-0.39, 0.29) is 53.6 Å². The van der Waals surface area contributed by atoms with Crippen molar-refractivity contribution in [2.75, 3.05) is 32.8 Å². The molecular formula is C19H20Cl2N2O4S. The highest BCUT2D eigenvalue weighted by Gasteiger charge is 2.32. The smallest absolute Gasteiger partial charge is 0.260 e. The Balaban J connectivity index is 1.59. The van der Waals surface area contributed by atoms with Crippen molar-refractivity contribution in [2.24, 2.45) is 0 Å². The summed E-state index contributed by atoms with van der Waals surface area (Å²) in [7, 11) is -3.78. The molecule has 2 aromatic rings. The van der Waals surface area contributed by atoms with Crippen molar-refractivity contribution in [2.45, 2.75) is 11.8 Å². The molecule has 1 heterocycles. The van der Waals surface area contributed by atoms with Gasteiger partial charge in [0, 0.05) is 26.2 Å². The highest BCUT2D eigenvalue weighted by Crippen LogP contribution is 2.31. The van der Waals surface area contributed by atoms with Crippen molar-refractivity contribution in [3.05, 3.63) is 58.1 Å². The minimum Gasteiger partial charge on any atom is -0.484 e. The molecule has 2 aromatic carbocycles. The summed E-state index contributed by atoms with van der Waals surface area (Å²) in [5.41, 5.74) is 1.04. The molecule has 0 unspecified atom stereocenters. The number of piperazine rings is 1. The minimum atomic E-state index is -3.78. The molecule has 0 bridgehead atoms. The molecule has 0 aromatic heterocycles. The van der Waals surface area contributed by atoms with E-state index in [1.165, 1.54) is 16.4 Å². The number of hydrogen-bond donors (Lipinski definition) is 0. The molecule has 1 aliphatic rings. The number of sulfonamides is 1. The SMILES string of the molecule is Cc1cccc(OCC(=O)N2CCN(S(=O)(=O)c3cccc(Cl)c3Cl)CC2)c1. The average molecular weight is 443 g/mol. The third-order valence-corrected chi connectivity index (χ3v) is 7.35. The van der Waals surface area contributed by atoms with Crippen LogP contribution in [0.5, 0.6) is 5.75 Å². The molecule has 1 amide bonds. The van der Waals surface area contributed by atoms with E-state index in [0.717, 1.165) is 5.56 Å². The Kier molecular flexibility index (Phi) is 6.50. The van der Waals surface area contributed by atoms with Crippen LogP contribution in [-0.2, 0) is 14.8 Å². The molecule has 1 saturated heterocycles. The van der Waals surface area contributed by atoms with Crippen molar-refractivity contribution in [3.63, 3.8) is 0 Å². The Hall–Kier alpha value is -1.80. The average Bonchev–Trinajstić information content (AvgIpc) is 2.68. The number of amides is 1. The maximum absolute atomic E-state index is 12.8. The lowest BCUT2D eigenvalue weighted by Gasteiger charge is -2.34. The molecule has 9 heteroatoms. The van der Waals surface area contributed by atoms with Crippen LogP contribution >= 0.6 is 23.2 Å². The lowest BCUT2D eigenvalue weighted by atomic mass is 10.2. The van der Waals surface area contributed by atoms with Crippen LogP contribution in [0.1, 0.15) is 5.56 Å². The first-order chi connectivity index (χ1) is 13.3. The predicted octanol–water partition coefficient (Wildman–Crippen LogP) is 3.21. The van der Waals surface area contributed by atoms with Crippen LogP contribution in [0, 0.1) is 6.92 Å². The summed E-state index contributed by atoms with van der Waals surface area (Å²) < 4.78 is 32.5. The van der Waals surface area contributed by atoms with Crippen molar-refractivity contribution < 1.29 is 17.9 Å². The Morgan fingerprint density at radius 2 is 1.75 bits per heavy atom. The molecule has 28 heavy (non-hydrogen) atoms. The molecule has 1 fully saturated rings. The maximum atomic E-state index is 12.8. The molecule has 0 atom stereocenters. The van der Waals surface area contributed by atoms with Gasteiger partial charge >= 0.3 is 0 Å². The van der Waals surface area contributed by atoms with Gasteiger partial charge in [-0.15, -0.1) is 0 Å². The predicted molar refractivity (Wildman–Crippen MR) is 108 cm³/mol. The second kappa shape index (κ2) is 8.69. The number of halogens is 2. The minimum absolute atomic E-state index is 0.00854. The normalized spacial score (nSPS) is 15.5. The second-order valence-electron chi connectivity index (χ2n) is 6.44. The van der Waals surface area contributed by atoms with Crippen molar-refractivity contribution >= 4 is 39.1 Å². The highest BCUT2D eigenvalue weighted by molar-refractivity contribution is 7.89. The van der Waals surface area contributed by atoms with Gasteiger partial charge in [0.05, 0.1) is 10.0 Å². The summed E-state index contributed by atoms with van der Waals surface area (Å²) in [5.74, 6) is 0.449. The standard InChI is InChI=1S/C19H20Cl2N2O4S/c1-14-4-2-5-15(12-14)27-13-18(24)22-8-10-23(11-9-22)28(25,26)17-7-3-6-16(20)19(17)21/h2-7,12H,8-11,13H2,1H3. The largest absolute Gasteiger partial charge is 0.484 e. The van der Waals surface area contributed by atoms with E-state index < -0.39 is 10.0 Å². The summed E-state index contributed by atoms with van der Waals surface area (Å²) >= 11 is 12.0. The monoisotopic (exact) mass is 442 g/mol. The second-order valence-corrected chi connectivity index (χ2v) is 9.13. The summed E-state index contributed by atoms with van der Waals surface area (Å²) in [6.45, 7) is 2.79. The van der Waals surface area contributed by atoms with Gasteiger partial charge in [0.2, 0.25) is 10.0 Å². The van der Waals surface area contributed by atoms with Crippen LogP contribution in [-0.4, -0.2) is 56.3 Å². The highest BCUT2D eigenvalue weighted by atomic mass is 35.5. The number of carbonyl (C=O) groups is 1. The summed E-state index contributed by atoms with van der Waals surface area (Å²) in [5, 5.41) is 0.194. The Morgan fingerprint density at radius 3 is 2.43 bits per heavy atom. The number of ether oxygens (including phenoxy) is 1. The fraction of sp³-hybridized carbons (Fsp3) is 0.316. The first-order valence-corrected chi connectivity index (χ1v) is 10.9. The first-order valence-electron chi connectivity index (χ1n) is 8.70. The van der Waals surface area contributed by atoms with E-state index in [2.05, 4.69) is 0 Å². The van der Waals surface area contributed by atoms with Gasteiger partial charge in [-0.05, 0) is 36.8 Å². The van der Waals surface area contributed by atoms with Gasteiger partial charge in [-0.2, -0.15) is 4.31 Å². The van der Waals surface area contributed by atoms with Crippen LogP contribution in [0.25, 0.3) is 0 Å². The van der Waals surface area contributed by atoms with Crippen LogP contribution < -0.4 is 4.74 Å². The Bertz CT molecular complexity index is 974. The fourth-order valence-corrected chi connectivity index (χ4v) is 5.10. The van der Waals surface area contributed by atoms with Gasteiger partial charge in [0.15, 0.2) is 6.61 Å². The number of benzene rings is 2. The fourth-order valence-electron chi connectivity index (χ4n) is 2.94. The van der Waals surface area contributed by atoms with Gasteiger partial charge in [0.25, 0.3) is 5.91 Å². The summed E-state index contributed by atoms with van der Waals surface area (Å²) in [4.78, 5) is 14.0. The molecule has 150 valence electrons. The molecule has 0 spiro atoms. The van der Waals surface area contributed by atoms with Gasteiger partial charge in [0.1, 0.15) is 10.6 Å². The molecule has 0 N–H and O–H groups in total. The number of carbonyl (C=O) groups excluding carboxylic acids is 1. The molecule has 0 radical (unpaired) electrons. The first kappa shape index (κ1) is 20.9.